The number of nitrogens with one attached hydrogen (secondary N) is 1. The molecule has 0 bridgehead atoms. The molecule has 3 rings (SSSR count). The Balaban J connectivity index is 1.55. The van der Waals surface area contributed by atoms with Crippen LogP contribution < -0.4 is 10.2 Å². The molecule has 8 nitrogen and oxygen atoms in total. The van der Waals surface area contributed by atoms with Crippen LogP contribution in [0.3, 0.4) is 0 Å². The Morgan fingerprint density at radius 1 is 1.25 bits per heavy atom. The first-order valence-electron chi connectivity index (χ1n) is 11.7. The molecule has 1 saturated carbocycles. The quantitative estimate of drug-likeness (QED) is 0.536. The van der Waals surface area contributed by atoms with Gasteiger partial charge in [0.05, 0.1) is 0 Å². The van der Waals surface area contributed by atoms with E-state index in [2.05, 4.69) is 26.3 Å². The summed E-state index contributed by atoms with van der Waals surface area (Å²) in [5.41, 5.74) is 0.700. The molecule has 8 heteroatoms. The fourth-order valence-electron chi connectivity index (χ4n) is 3.99. The van der Waals surface area contributed by atoms with E-state index in [4.69, 9.17) is 4.74 Å². The monoisotopic (exact) mass is 444 g/mol. The van der Waals surface area contributed by atoms with Crippen LogP contribution in [0.25, 0.3) is 0 Å². The number of carbonyl (C=O) groups is 1. The lowest BCUT2D eigenvalue weighted by Gasteiger charge is -2.40. The van der Waals surface area contributed by atoms with Gasteiger partial charge < -0.3 is 24.8 Å². The van der Waals surface area contributed by atoms with Crippen LogP contribution in [-0.4, -0.2) is 79.3 Å². The second-order valence-corrected chi connectivity index (χ2v) is 10.1. The number of aliphatic imine (C=N–C) groups is 1. The highest BCUT2D eigenvalue weighted by molar-refractivity contribution is 5.80. The van der Waals surface area contributed by atoms with E-state index in [1.165, 1.54) is 18.4 Å². The number of hydrogen-bond donors (Lipinski definition) is 1. The van der Waals surface area contributed by atoms with Crippen LogP contribution in [0, 0.1) is 5.92 Å². The van der Waals surface area contributed by atoms with E-state index in [-0.39, 0.29) is 12.1 Å². The molecule has 0 aromatic carbocycles. The fourth-order valence-corrected chi connectivity index (χ4v) is 3.99. The zero-order valence-electron chi connectivity index (χ0n) is 20.6. The second kappa shape index (κ2) is 10.4. The van der Waals surface area contributed by atoms with Gasteiger partial charge in [-0.05, 0) is 70.1 Å². The molecule has 0 atom stereocenters. The molecule has 1 saturated heterocycles. The van der Waals surface area contributed by atoms with Crippen LogP contribution in [0.15, 0.2) is 23.3 Å². The van der Waals surface area contributed by atoms with Gasteiger partial charge >= 0.3 is 6.09 Å². The van der Waals surface area contributed by atoms with Gasteiger partial charge in [0.25, 0.3) is 0 Å². The number of hydrogen-bond acceptors (Lipinski definition) is 5. The third-order valence-corrected chi connectivity index (χ3v) is 5.92. The minimum absolute atomic E-state index is 0.167. The number of nitrogens with zero attached hydrogens (tertiary/aromatic N) is 5. The van der Waals surface area contributed by atoms with Crippen molar-refractivity contribution < 1.29 is 9.53 Å². The van der Waals surface area contributed by atoms with E-state index in [0.29, 0.717) is 12.5 Å². The van der Waals surface area contributed by atoms with Crippen molar-refractivity contribution in [3.8, 4) is 0 Å². The topological polar surface area (TPSA) is 73.3 Å². The summed E-state index contributed by atoms with van der Waals surface area (Å²) in [6.45, 7) is 9.06. The number of ether oxygens (including phenoxy) is 1. The lowest BCUT2D eigenvalue weighted by Crippen LogP contribution is -2.52. The number of pyridine rings is 1. The highest BCUT2D eigenvalue weighted by Crippen LogP contribution is 2.32. The van der Waals surface area contributed by atoms with Crippen LogP contribution in [0.2, 0.25) is 0 Å². The predicted molar refractivity (Wildman–Crippen MR) is 129 cm³/mol. The van der Waals surface area contributed by atoms with Gasteiger partial charge in [0.2, 0.25) is 0 Å². The third-order valence-electron chi connectivity index (χ3n) is 5.92. The number of aromatic nitrogens is 1. The largest absolute Gasteiger partial charge is 0.444 e. The summed E-state index contributed by atoms with van der Waals surface area (Å²) in [4.78, 5) is 28.0. The summed E-state index contributed by atoms with van der Waals surface area (Å²) in [6, 6.07) is 4.34. The third kappa shape index (κ3) is 7.00. The van der Waals surface area contributed by atoms with Crippen LogP contribution in [0.4, 0.5) is 10.6 Å². The first-order chi connectivity index (χ1) is 15.2. The number of amides is 1. The molecular formula is C24H40N6O2. The summed E-state index contributed by atoms with van der Waals surface area (Å²) in [5, 5.41) is 3.49. The van der Waals surface area contributed by atoms with Crippen molar-refractivity contribution in [2.45, 2.75) is 64.6 Å². The summed E-state index contributed by atoms with van der Waals surface area (Å²) in [7, 11) is 5.81. The van der Waals surface area contributed by atoms with E-state index in [1.807, 2.05) is 64.0 Å². The molecule has 178 valence electrons. The van der Waals surface area contributed by atoms with Gasteiger partial charge in [0.1, 0.15) is 11.4 Å². The van der Waals surface area contributed by atoms with Crippen molar-refractivity contribution in [1.29, 1.82) is 0 Å². The SMILES string of the molecule is CN=C(NCc1ccnc(N(C)C)c1)N1CCC(N(CC2CC2)C(=O)OC(C)(C)C)CC1. The maximum Gasteiger partial charge on any atom is 0.410 e. The lowest BCUT2D eigenvalue weighted by atomic mass is 10.0. The molecule has 0 spiro atoms. The van der Waals surface area contributed by atoms with Crippen molar-refractivity contribution in [3.63, 3.8) is 0 Å². The van der Waals surface area contributed by atoms with Crippen molar-refractivity contribution >= 4 is 17.9 Å². The average molecular weight is 445 g/mol. The highest BCUT2D eigenvalue weighted by Gasteiger charge is 2.35. The van der Waals surface area contributed by atoms with Gasteiger partial charge in [-0.3, -0.25) is 4.99 Å². The molecule has 32 heavy (non-hydrogen) atoms. The maximum absolute atomic E-state index is 12.9. The summed E-state index contributed by atoms with van der Waals surface area (Å²) < 4.78 is 5.72. The van der Waals surface area contributed by atoms with Gasteiger partial charge in [0, 0.05) is 59.6 Å². The standard InChI is InChI=1S/C24H40N6O2/c1-24(2,3)32-23(31)30(17-18-7-8-18)20-10-13-29(14-11-20)22(25-4)27-16-19-9-12-26-21(15-19)28(5)6/h9,12,15,18,20H,7-8,10-11,13-14,16-17H2,1-6H3,(H,25,27). The molecule has 0 radical (unpaired) electrons. The van der Waals surface area contributed by atoms with Crippen LogP contribution in [0.1, 0.15) is 52.0 Å². The molecule has 1 aliphatic heterocycles. The first-order valence-corrected chi connectivity index (χ1v) is 11.7. The van der Waals surface area contributed by atoms with Crippen molar-refractivity contribution in [3.05, 3.63) is 23.9 Å². The smallest absolute Gasteiger partial charge is 0.410 e. The molecule has 1 aliphatic carbocycles. The van der Waals surface area contributed by atoms with Gasteiger partial charge in [-0.1, -0.05) is 0 Å². The van der Waals surface area contributed by atoms with Crippen LogP contribution in [-0.2, 0) is 11.3 Å². The second-order valence-electron chi connectivity index (χ2n) is 10.1. The number of rotatable bonds is 6. The Bertz CT molecular complexity index is 792. The fraction of sp³-hybridized carbons (Fsp3) is 0.708. The minimum Gasteiger partial charge on any atom is -0.444 e. The summed E-state index contributed by atoms with van der Waals surface area (Å²) in [6.07, 6.45) is 5.96. The van der Waals surface area contributed by atoms with Gasteiger partial charge in [0.15, 0.2) is 5.96 Å². The molecule has 1 amide bonds. The molecule has 2 heterocycles. The normalized spacial score (nSPS) is 17.8. The molecule has 1 aromatic rings. The first kappa shape index (κ1) is 24.1. The Morgan fingerprint density at radius 2 is 1.94 bits per heavy atom. The number of anilines is 1. The molecule has 2 aliphatic rings. The van der Waals surface area contributed by atoms with E-state index in [9.17, 15) is 4.79 Å². The molecule has 1 N–H and O–H groups in total. The number of likely N-dealkylation sites (tertiary alicyclic amines) is 1. The van der Waals surface area contributed by atoms with Crippen molar-refractivity contribution in [2.24, 2.45) is 10.9 Å². The zero-order chi connectivity index (χ0) is 23.3. The van der Waals surface area contributed by atoms with Gasteiger partial charge in [-0.25, -0.2) is 9.78 Å². The Morgan fingerprint density at radius 3 is 2.50 bits per heavy atom. The summed E-state index contributed by atoms with van der Waals surface area (Å²) in [5.74, 6) is 2.48. The minimum atomic E-state index is -0.467. The number of piperidine rings is 1. The highest BCUT2D eigenvalue weighted by atomic mass is 16.6. The van der Waals surface area contributed by atoms with Gasteiger partial charge in [-0.2, -0.15) is 0 Å². The maximum atomic E-state index is 12.9. The van der Waals surface area contributed by atoms with Crippen molar-refractivity contribution in [1.82, 2.24) is 20.1 Å². The number of carbonyl (C=O) groups excluding carboxylic acids is 1. The Hall–Kier alpha value is -2.51. The Kier molecular flexibility index (Phi) is 7.85. The molecule has 1 aromatic heterocycles. The summed E-state index contributed by atoms with van der Waals surface area (Å²) >= 11 is 0. The van der Waals surface area contributed by atoms with Crippen LogP contribution >= 0.6 is 0 Å². The predicted octanol–water partition coefficient (Wildman–Crippen LogP) is 3.33. The van der Waals surface area contributed by atoms with Gasteiger partial charge in [-0.15, -0.1) is 0 Å². The van der Waals surface area contributed by atoms with Crippen molar-refractivity contribution in [2.75, 3.05) is 45.7 Å². The number of guanidine groups is 1. The van der Waals surface area contributed by atoms with E-state index in [0.717, 1.165) is 44.3 Å². The average Bonchev–Trinajstić information content (AvgIpc) is 3.56. The zero-order valence-corrected chi connectivity index (χ0v) is 20.6. The lowest BCUT2D eigenvalue weighted by molar-refractivity contribution is 0.00928. The van der Waals surface area contributed by atoms with E-state index >= 15 is 0 Å². The van der Waals surface area contributed by atoms with E-state index in [1.54, 1.807) is 0 Å². The van der Waals surface area contributed by atoms with Crippen LogP contribution in [0.5, 0.6) is 0 Å². The van der Waals surface area contributed by atoms with E-state index < -0.39 is 5.60 Å². The molecule has 0 unspecified atom stereocenters. The molecular weight excluding hydrogens is 404 g/mol. The Labute approximate surface area is 193 Å². The molecule has 2 fully saturated rings.